The number of unbranched alkanes of at least 4 members (excludes halogenated alkanes) is 2. The number of carbonyl (C=O) groups is 1. The number of aryl methyl sites for hydroxylation is 2. The van der Waals surface area contributed by atoms with Crippen molar-refractivity contribution in [2.45, 2.75) is 59.9 Å². The number of carbonyl (C=O) groups excluding carboxylic acids is 1. The molecule has 2 rings (SSSR count). The largest absolute Gasteiger partial charge is 0.490 e. The van der Waals surface area contributed by atoms with E-state index in [0.29, 0.717) is 35.7 Å². The van der Waals surface area contributed by atoms with E-state index in [1.165, 1.54) is 0 Å². The van der Waals surface area contributed by atoms with Crippen molar-refractivity contribution < 1.29 is 14.3 Å². The van der Waals surface area contributed by atoms with Gasteiger partial charge in [0.15, 0.2) is 16.9 Å². The van der Waals surface area contributed by atoms with E-state index in [4.69, 9.17) is 9.47 Å². The van der Waals surface area contributed by atoms with Crippen LogP contribution in [-0.2, 0) is 11.3 Å². The normalized spacial score (nSPS) is 11.0. The maximum absolute atomic E-state index is 12.4. The predicted octanol–water partition coefficient (Wildman–Crippen LogP) is 3.90. The number of ether oxygens (including phenoxy) is 2. The lowest BCUT2D eigenvalue weighted by molar-refractivity contribution is 0.0520. The van der Waals surface area contributed by atoms with Crippen LogP contribution in [0.2, 0.25) is 0 Å². The van der Waals surface area contributed by atoms with Gasteiger partial charge in [-0.1, -0.05) is 26.7 Å². The molecule has 0 spiro atoms. The van der Waals surface area contributed by atoms with Crippen molar-refractivity contribution in [1.29, 1.82) is 0 Å². The fraction of sp³-hybridized carbons (Fsp3) is 0.611. The summed E-state index contributed by atoms with van der Waals surface area (Å²) < 4.78 is 13.1. The Morgan fingerprint density at radius 2 is 1.96 bits per heavy atom. The first-order valence-electron chi connectivity index (χ1n) is 8.79. The van der Waals surface area contributed by atoms with Gasteiger partial charge in [-0.05, 0) is 26.7 Å². The molecule has 6 nitrogen and oxygen atoms in total. The average Bonchev–Trinajstić information content (AvgIpc) is 2.95. The minimum Gasteiger partial charge on any atom is -0.490 e. The smallest absolute Gasteiger partial charge is 0.343 e. The van der Waals surface area contributed by atoms with Crippen molar-refractivity contribution in [2.24, 2.45) is 0 Å². The van der Waals surface area contributed by atoms with Crippen LogP contribution in [0.4, 0.5) is 0 Å². The molecule has 0 aliphatic rings. The molecule has 0 aliphatic heterocycles. The van der Waals surface area contributed by atoms with Crippen LogP contribution in [0.15, 0.2) is 6.33 Å². The zero-order valence-electron chi connectivity index (χ0n) is 15.1. The van der Waals surface area contributed by atoms with Gasteiger partial charge in [-0.15, -0.1) is 0 Å². The Hall–Kier alpha value is -2.11. The Morgan fingerprint density at radius 3 is 2.62 bits per heavy atom. The number of hydrogen-bond donors (Lipinski definition) is 0. The van der Waals surface area contributed by atoms with E-state index >= 15 is 0 Å². The minimum atomic E-state index is -0.404. The van der Waals surface area contributed by atoms with Crippen LogP contribution in [0.1, 0.15) is 62.5 Å². The highest BCUT2D eigenvalue weighted by Gasteiger charge is 2.24. The molecule has 0 saturated carbocycles. The average molecular weight is 333 g/mol. The highest BCUT2D eigenvalue weighted by atomic mass is 16.5. The van der Waals surface area contributed by atoms with Crippen LogP contribution in [-0.4, -0.2) is 33.7 Å². The molecule has 6 heteroatoms. The van der Waals surface area contributed by atoms with Gasteiger partial charge in [-0.25, -0.2) is 14.8 Å². The fourth-order valence-electron chi connectivity index (χ4n) is 2.55. The molecule has 24 heavy (non-hydrogen) atoms. The van der Waals surface area contributed by atoms with E-state index < -0.39 is 5.97 Å². The van der Waals surface area contributed by atoms with Crippen molar-refractivity contribution in [2.75, 3.05) is 13.2 Å². The van der Waals surface area contributed by atoms with Crippen molar-refractivity contribution in [1.82, 2.24) is 14.5 Å². The van der Waals surface area contributed by atoms with E-state index in [-0.39, 0.29) is 0 Å². The van der Waals surface area contributed by atoms with Crippen LogP contribution in [0.3, 0.4) is 0 Å². The standard InChI is InChI=1S/C18H27N3O3/c1-5-8-10-21-12-19-15-16(24-11-9-6-2)14(18(22)23-7-3)13(4)20-17(15)21/h12H,5-11H2,1-4H3. The quantitative estimate of drug-likeness (QED) is 0.514. The van der Waals surface area contributed by atoms with Crippen LogP contribution in [0.5, 0.6) is 5.75 Å². The number of hydrogen-bond acceptors (Lipinski definition) is 5. The molecular weight excluding hydrogens is 306 g/mol. The molecule has 0 amide bonds. The monoisotopic (exact) mass is 333 g/mol. The number of aromatic nitrogens is 3. The van der Waals surface area contributed by atoms with Gasteiger partial charge in [-0.2, -0.15) is 0 Å². The van der Waals surface area contributed by atoms with Crippen LogP contribution in [0, 0.1) is 6.92 Å². The first kappa shape index (κ1) is 18.2. The van der Waals surface area contributed by atoms with Crippen molar-refractivity contribution in [3.8, 4) is 5.75 Å². The molecule has 2 heterocycles. The Labute approximate surface area is 143 Å². The van der Waals surface area contributed by atoms with Gasteiger partial charge in [0.05, 0.1) is 25.2 Å². The summed E-state index contributed by atoms with van der Waals surface area (Å²) >= 11 is 0. The third kappa shape index (κ3) is 3.86. The first-order chi connectivity index (χ1) is 11.6. The summed E-state index contributed by atoms with van der Waals surface area (Å²) in [6.07, 6.45) is 5.86. The van der Waals surface area contributed by atoms with Gasteiger partial charge < -0.3 is 14.0 Å². The third-order valence-corrected chi connectivity index (χ3v) is 3.86. The summed E-state index contributed by atoms with van der Waals surface area (Å²) in [5.41, 5.74) is 2.41. The van der Waals surface area contributed by atoms with Gasteiger partial charge in [0, 0.05) is 6.54 Å². The summed E-state index contributed by atoms with van der Waals surface area (Å²) in [7, 11) is 0. The van der Waals surface area contributed by atoms with Crippen LogP contribution in [0.25, 0.3) is 11.2 Å². The molecule has 0 aliphatic carbocycles. The van der Waals surface area contributed by atoms with E-state index in [2.05, 4.69) is 23.8 Å². The Bertz CT molecular complexity index is 694. The molecule has 0 saturated heterocycles. The van der Waals surface area contributed by atoms with Crippen LogP contribution >= 0.6 is 0 Å². The molecule has 0 aromatic carbocycles. The van der Waals surface area contributed by atoms with Crippen molar-refractivity contribution in [3.63, 3.8) is 0 Å². The minimum absolute atomic E-state index is 0.315. The number of nitrogens with zero attached hydrogens (tertiary/aromatic N) is 3. The highest BCUT2D eigenvalue weighted by molar-refractivity contribution is 5.99. The van der Waals surface area contributed by atoms with Gasteiger partial charge >= 0.3 is 5.97 Å². The van der Waals surface area contributed by atoms with Gasteiger partial charge in [-0.3, -0.25) is 0 Å². The van der Waals surface area contributed by atoms with Gasteiger partial charge in [0.2, 0.25) is 0 Å². The summed E-state index contributed by atoms with van der Waals surface area (Å²) in [5.74, 6) is 0.0960. The maximum atomic E-state index is 12.4. The maximum Gasteiger partial charge on any atom is 0.343 e. The van der Waals surface area contributed by atoms with E-state index in [1.54, 1.807) is 13.3 Å². The predicted molar refractivity (Wildman–Crippen MR) is 93.5 cm³/mol. The number of esters is 1. The Morgan fingerprint density at radius 1 is 1.21 bits per heavy atom. The van der Waals surface area contributed by atoms with Crippen molar-refractivity contribution >= 4 is 17.1 Å². The summed E-state index contributed by atoms with van der Waals surface area (Å²) in [5, 5.41) is 0. The summed E-state index contributed by atoms with van der Waals surface area (Å²) in [6, 6.07) is 0. The van der Waals surface area contributed by atoms with Gasteiger partial charge in [0.1, 0.15) is 5.56 Å². The molecule has 0 fully saturated rings. The molecular formula is C18H27N3O3. The molecule has 0 N–H and O–H groups in total. The number of pyridine rings is 1. The molecule has 0 unspecified atom stereocenters. The molecule has 0 radical (unpaired) electrons. The lowest BCUT2D eigenvalue weighted by atomic mass is 10.1. The SMILES string of the molecule is CCCCOc1c(C(=O)OCC)c(C)nc2c1ncn2CCCC. The van der Waals surface area contributed by atoms with Crippen LogP contribution < -0.4 is 4.74 Å². The topological polar surface area (TPSA) is 66.2 Å². The molecule has 2 aromatic heterocycles. The highest BCUT2D eigenvalue weighted by Crippen LogP contribution is 2.31. The molecule has 132 valence electrons. The third-order valence-electron chi connectivity index (χ3n) is 3.86. The van der Waals surface area contributed by atoms with Gasteiger partial charge in [0.25, 0.3) is 0 Å². The first-order valence-corrected chi connectivity index (χ1v) is 8.79. The number of imidazole rings is 1. The zero-order valence-corrected chi connectivity index (χ0v) is 15.1. The number of fused-ring (bicyclic) bond motifs is 1. The number of rotatable bonds is 9. The molecule has 2 aromatic rings. The fourth-order valence-corrected chi connectivity index (χ4v) is 2.55. The van der Waals surface area contributed by atoms with E-state index in [9.17, 15) is 4.79 Å². The van der Waals surface area contributed by atoms with Crippen molar-refractivity contribution in [3.05, 3.63) is 17.6 Å². The lowest BCUT2D eigenvalue weighted by Crippen LogP contribution is -2.13. The summed E-state index contributed by atoms with van der Waals surface area (Å²) in [4.78, 5) is 21.4. The lowest BCUT2D eigenvalue weighted by Gasteiger charge is -2.14. The zero-order chi connectivity index (χ0) is 17.5. The second-order valence-electron chi connectivity index (χ2n) is 5.79. The van der Waals surface area contributed by atoms with E-state index in [0.717, 1.165) is 37.9 Å². The Balaban J connectivity index is 2.52. The second kappa shape index (κ2) is 8.66. The summed E-state index contributed by atoms with van der Waals surface area (Å²) in [6.45, 7) is 9.57. The molecule has 0 atom stereocenters. The second-order valence-corrected chi connectivity index (χ2v) is 5.79. The van der Waals surface area contributed by atoms with E-state index in [1.807, 2.05) is 11.5 Å². The molecule has 0 bridgehead atoms. The Kier molecular flexibility index (Phi) is 6.58.